The van der Waals surface area contributed by atoms with Crippen LogP contribution in [0.15, 0.2) is 18.2 Å². The van der Waals surface area contributed by atoms with Gasteiger partial charge in [0.15, 0.2) is 5.78 Å². The number of carbonyl (C=O) groups is 2. The molecule has 1 aromatic carbocycles. The van der Waals surface area contributed by atoms with Gasteiger partial charge < -0.3 is 15.0 Å². The zero-order valence-electron chi connectivity index (χ0n) is 12.8. The lowest BCUT2D eigenvalue weighted by atomic mass is 10.0. The van der Waals surface area contributed by atoms with Gasteiger partial charge in [-0.3, -0.25) is 9.59 Å². The van der Waals surface area contributed by atoms with Crippen LogP contribution in [0.5, 0.6) is 5.75 Å². The topological polar surface area (TPSA) is 58.6 Å². The van der Waals surface area contributed by atoms with E-state index in [9.17, 15) is 9.59 Å². The van der Waals surface area contributed by atoms with Gasteiger partial charge in [0.1, 0.15) is 5.75 Å². The van der Waals surface area contributed by atoms with Gasteiger partial charge in [-0.1, -0.05) is 0 Å². The summed E-state index contributed by atoms with van der Waals surface area (Å²) >= 11 is 0. The maximum Gasteiger partial charge on any atom is 0.227 e. The minimum Gasteiger partial charge on any atom is -0.496 e. The van der Waals surface area contributed by atoms with E-state index in [-0.39, 0.29) is 24.2 Å². The molecule has 1 atom stereocenters. The predicted molar refractivity (Wildman–Crippen MR) is 80.7 cm³/mol. The van der Waals surface area contributed by atoms with Crippen molar-refractivity contribution in [3.8, 4) is 5.75 Å². The fourth-order valence-corrected chi connectivity index (χ4v) is 2.60. The molecule has 0 bridgehead atoms. The molecule has 1 heterocycles. The number of amides is 1. The molecule has 114 valence electrons. The first kappa shape index (κ1) is 15.5. The second-order valence-corrected chi connectivity index (χ2v) is 5.41. The molecule has 0 aliphatic carbocycles. The molecule has 1 saturated heterocycles. The van der Waals surface area contributed by atoms with Gasteiger partial charge >= 0.3 is 0 Å². The number of ether oxygens (including phenoxy) is 1. The smallest absolute Gasteiger partial charge is 0.227 e. The Morgan fingerprint density at radius 1 is 1.43 bits per heavy atom. The molecule has 1 aliphatic rings. The normalized spacial score (nSPS) is 17.6. The van der Waals surface area contributed by atoms with Crippen molar-refractivity contribution in [3.63, 3.8) is 0 Å². The number of hydrogen-bond acceptors (Lipinski definition) is 4. The molecule has 5 heteroatoms. The lowest BCUT2D eigenvalue weighted by molar-refractivity contribution is -0.130. The molecule has 0 saturated carbocycles. The van der Waals surface area contributed by atoms with Gasteiger partial charge in [0, 0.05) is 30.8 Å². The highest BCUT2D eigenvalue weighted by Gasteiger charge is 2.24. The average molecular weight is 290 g/mol. The first-order valence-electron chi connectivity index (χ1n) is 7.17. The highest BCUT2D eigenvalue weighted by Crippen LogP contribution is 2.22. The third-order valence-electron chi connectivity index (χ3n) is 4.00. The summed E-state index contributed by atoms with van der Waals surface area (Å²) < 4.78 is 5.29. The Labute approximate surface area is 125 Å². The minimum absolute atomic E-state index is 0.0142. The van der Waals surface area contributed by atoms with Crippen molar-refractivity contribution in [2.24, 2.45) is 0 Å². The van der Waals surface area contributed by atoms with E-state index in [1.165, 1.54) is 6.92 Å². The second-order valence-electron chi connectivity index (χ2n) is 5.41. The van der Waals surface area contributed by atoms with Crippen molar-refractivity contribution < 1.29 is 14.3 Å². The standard InChI is InChI=1S/C16H22N2O3/c1-11(19)12-4-5-15(21-3)13(8-12)9-16(20)18(2)14-6-7-17-10-14/h4-5,8,14,17H,6-7,9-10H2,1-3H3. The molecule has 1 fully saturated rings. The van der Waals surface area contributed by atoms with Crippen molar-refractivity contribution in [3.05, 3.63) is 29.3 Å². The molecule has 2 rings (SSSR count). The van der Waals surface area contributed by atoms with Crippen LogP contribution in [0.1, 0.15) is 29.3 Å². The molecule has 0 aromatic heterocycles. The van der Waals surface area contributed by atoms with Crippen molar-refractivity contribution >= 4 is 11.7 Å². The molecule has 0 radical (unpaired) electrons. The van der Waals surface area contributed by atoms with Crippen molar-refractivity contribution in [1.29, 1.82) is 0 Å². The third kappa shape index (κ3) is 3.61. The van der Waals surface area contributed by atoms with Gasteiger partial charge in [-0.15, -0.1) is 0 Å². The number of Topliss-reactive ketones (excluding diaryl/α,β-unsaturated/α-hetero) is 1. The molecular weight excluding hydrogens is 268 g/mol. The number of nitrogens with zero attached hydrogens (tertiary/aromatic N) is 1. The highest BCUT2D eigenvalue weighted by atomic mass is 16.5. The van der Waals surface area contributed by atoms with Crippen LogP contribution in [-0.4, -0.2) is 49.9 Å². The third-order valence-corrected chi connectivity index (χ3v) is 4.00. The summed E-state index contributed by atoms with van der Waals surface area (Å²) in [6.45, 7) is 3.31. The van der Waals surface area contributed by atoms with Crippen LogP contribution < -0.4 is 10.1 Å². The summed E-state index contributed by atoms with van der Waals surface area (Å²) in [6.07, 6.45) is 1.23. The van der Waals surface area contributed by atoms with Crippen LogP contribution >= 0.6 is 0 Å². The number of nitrogens with one attached hydrogen (secondary N) is 1. The number of ketones is 1. The van der Waals surface area contributed by atoms with Crippen LogP contribution in [-0.2, 0) is 11.2 Å². The Bertz CT molecular complexity index is 536. The predicted octanol–water partition coefficient (Wildman–Crippen LogP) is 1.26. The molecule has 1 aliphatic heterocycles. The molecule has 21 heavy (non-hydrogen) atoms. The summed E-state index contributed by atoms with van der Waals surface area (Å²) in [5.74, 6) is 0.675. The molecule has 1 amide bonds. The van der Waals surface area contributed by atoms with Crippen LogP contribution in [0, 0.1) is 0 Å². The lowest BCUT2D eigenvalue weighted by Crippen LogP contribution is -2.39. The monoisotopic (exact) mass is 290 g/mol. The Morgan fingerprint density at radius 2 is 2.19 bits per heavy atom. The highest BCUT2D eigenvalue weighted by molar-refractivity contribution is 5.94. The van der Waals surface area contributed by atoms with Crippen molar-refractivity contribution in [1.82, 2.24) is 10.2 Å². The van der Waals surface area contributed by atoms with Gasteiger partial charge in [-0.05, 0) is 38.1 Å². The first-order valence-corrected chi connectivity index (χ1v) is 7.17. The molecule has 1 aromatic rings. The summed E-state index contributed by atoms with van der Waals surface area (Å²) in [4.78, 5) is 25.7. The number of carbonyl (C=O) groups excluding carboxylic acids is 2. The number of likely N-dealkylation sites (N-methyl/N-ethyl adjacent to an activating group) is 1. The maximum atomic E-state index is 12.4. The first-order chi connectivity index (χ1) is 10.0. The van der Waals surface area contributed by atoms with E-state index in [0.29, 0.717) is 11.3 Å². The summed E-state index contributed by atoms with van der Waals surface area (Å²) in [6, 6.07) is 5.47. The zero-order valence-corrected chi connectivity index (χ0v) is 12.8. The van der Waals surface area contributed by atoms with Crippen molar-refractivity contribution in [2.45, 2.75) is 25.8 Å². The summed E-state index contributed by atoms with van der Waals surface area (Å²) in [5.41, 5.74) is 1.36. The van der Waals surface area contributed by atoms with E-state index in [4.69, 9.17) is 4.74 Å². The summed E-state index contributed by atoms with van der Waals surface area (Å²) in [5, 5.41) is 3.26. The van der Waals surface area contributed by atoms with Crippen LogP contribution in [0.25, 0.3) is 0 Å². The number of methoxy groups -OCH3 is 1. The Kier molecular flexibility index (Phi) is 4.96. The van der Waals surface area contributed by atoms with Gasteiger partial charge in [0.2, 0.25) is 5.91 Å². The van der Waals surface area contributed by atoms with Gasteiger partial charge in [0.25, 0.3) is 0 Å². The van der Waals surface area contributed by atoms with Crippen LogP contribution in [0.4, 0.5) is 0 Å². The Morgan fingerprint density at radius 3 is 2.76 bits per heavy atom. The van der Waals surface area contributed by atoms with Gasteiger partial charge in [-0.25, -0.2) is 0 Å². The Hall–Kier alpha value is -1.88. The maximum absolute atomic E-state index is 12.4. The van der Waals surface area contributed by atoms with E-state index < -0.39 is 0 Å². The number of hydrogen-bond donors (Lipinski definition) is 1. The fourth-order valence-electron chi connectivity index (χ4n) is 2.60. The molecular formula is C16H22N2O3. The lowest BCUT2D eigenvalue weighted by Gasteiger charge is -2.24. The van der Waals surface area contributed by atoms with Gasteiger partial charge in [-0.2, -0.15) is 0 Å². The zero-order chi connectivity index (χ0) is 15.4. The van der Waals surface area contributed by atoms with E-state index >= 15 is 0 Å². The van der Waals surface area contributed by atoms with Crippen LogP contribution in [0.2, 0.25) is 0 Å². The Balaban J connectivity index is 2.15. The summed E-state index contributed by atoms with van der Waals surface area (Å²) in [7, 11) is 3.41. The van der Waals surface area contributed by atoms with Crippen molar-refractivity contribution in [2.75, 3.05) is 27.2 Å². The number of rotatable bonds is 5. The van der Waals surface area contributed by atoms with E-state index in [2.05, 4.69) is 5.32 Å². The van der Waals surface area contributed by atoms with E-state index in [1.807, 2.05) is 7.05 Å². The fraction of sp³-hybridized carbons (Fsp3) is 0.500. The average Bonchev–Trinajstić information content (AvgIpc) is 3.00. The van der Waals surface area contributed by atoms with E-state index in [1.54, 1.807) is 30.2 Å². The number of benzene rings is 1. The molecule has 1 unspecified atom stereocenters. The van der Waals surface area contributed by atoms with Crippen LogP contribution in [0.3, 0.4) is 0 Å². The molecule has 1 N–H and O–H groups in total. The molecule has 5 nitrogen and oxygen atoms in total. The molecule has 0 spiro atoms. The second kappa shape index (κ2) is 6.72. The minimum atomic E-state index is -0.0142. The largest absolute Gasteiger partial charge is 0.496 e. The van der Waals surface area contributed by atoms with Gasteiger partial charge in [0.05, 0.1) is 13.5 Å². The SMILES string of the molecule is COc1ccc(C(C)=O)cc1CC(=O)N(C)C1CCNC1. The quantitative estimate of drug-likeness (QED) is 0.830. The van der Waals surface area contributed by atoms with E-state index in [0.717, 1.165) is 25.1 Å².